The summed E-state index contributed by atoms with van der Waals surface area (Å²) in [5.74, 6) is 0. The number of ether oxygens (including phenoxy) is 3. The molecule has 1 aromatic heterocycles. The molecule has 0 saturated carbocycles. The van der Waals surface area contributed by atoms with Crippen molar-refractivity contribution in [3.63, 3.8) is 0 Å². The van der Waals surface area contributed by atoms with Crippen LogP contribution in [0.3, 0.4) is 0 Å². The molecule has 0 saturated heterocycles. The average Bonchev–Trinajstić information content (AvgIpc) is 2.81. The van der Waals surface area contributed by atoms with Crippen LogP contribution in [-0.2, 0) is 31.6 Å². The minimum absolute atomic E-state index is 0.155. The van der Waals surface area contributed by atoms with Crippen LogP contribution in [0, 0.1) is 0 Å². The minimum Gasteiger partial charge on any atom is -0.382 e. The molecule has 0 spiro atoms. The van der Waals surface area contributed by atoms with E-state index >= 15 is 0 Å². The lowest BCUT2D eigenvalue weighted by atomic mass is 9.90. The zero-order valence-corrected chi connectivity index (χ0v) is 16.1. The predicted molar refractivity (Wildman–Crippen MR) is 94.1 cm³/mol. The second-order valence-electron chi connectivity index (χ2n) is 7.62. The molecule has 0 fully saturated rings. The molecule has 0 aliphatic heterocycles. The molecule has 0 aliphatic carbocycles. The number of rotatable bonds is 8. The van der Waals surface area contributed by atoms with Gasteiger partial charge in [-0.15, -0.1) is 11.3 Å². The van der Waals surface area contributed by atoms with E-state index < -0.39 is 0 Å². The second kappa shape index (κ2) is 8.44. The first-order valence-electron chi connectivity index (χ1n) is 7.94. The van der Waals surface area contributed by atoms with E-state index in [1.807, 2.05) is 11.3 Å². The first-order chi connectivity index (χ1) is 10.2. The van der Waals surface area contributed by atoms with Gasteiger partial charge in [0.2, 0.25) is 0 Å². The van der Waals surface area contributed by atoms with Crippen molar-refractivity contribution in [3.8, 4) is 0 Å². The van der Waals surface area contributed by atoms with Crippen LogP contribution in [0.15, 0.2) is 6.07 Å². The summed E-state index contributed by atoms with van der Waals surface area (Å²) in [4.78, 5) is 2.85. The molecule has 0 aromatic carbocycles. The lowest BCUT2D eigenvalue weighted by Gasteiger charge is -2.19. The molecule has 4 heteroatoms. The van der Waals surface area contributed by atoms with Gasteiger partial charge >= 0.3 is 0 Å². The molecule has 1 aromatic rings. The molecule has 128 valence electrons. The highest BCUT2D eigenvalue weighted by atomic mass is 32.1. The summed E-state index contributed by atoms with van der Waals surface area (Å²) in [6, 6.07) is 2.32. The van der Waals surface area contributed by atoms with E-state index in [9.17, 15) is 0 Å². The van der Waals surface area contributed by atoms with Crippen LogP contribution in [0.2, 0.25) is 0 Å². The molecule has 0 unspecified atom stereocenters. The Bertz CT molecular complexity index is 438. The normalized spacial score (nSPS) is 12.9. The molecule has 0 atom stereocenters. The topological polar surface area (TPSA) is 27.7 Å². The van der Waals surface area contributed by atoms with Gasteiger partial charge in [0.1, 0.15) is 0 Å². The van der Waals surface area contributed by atoms with Gasteiger partial charge in [0.15, 0.2) is 0 Å². The van der Waals surface area contributed by atoms with Crippen LogP contribution in [0.1, 0.15) is 56.9 Å². The van der Waals surface area contributed by atoms with Gasteiger partial charge in [-0.25, -0.2) is 0 Å². The monoisotopic (exact) mass is 328 g/mol. The maximum atomic E-state index is 5.80. The fraction of sp³-hybridized carbons (Fsp3) is 0.778. The molecule has 0 bridgehead atoms. The third-order valence-corrected chi connectivity index (χ3v) is 5.32. The Labute approximate surface area is 140 Å². The van der Waals surface area contributed by atoms with Crippen LogP contribution >= 0.6 is 11.3 Å². The van der Waals surface area contributed by atoms with Gasteiger partial charge in [-0.05, 0) is 22.5 Å². The Morgan fingerprint density at radius 2 is 1.45 bits per heavy atom. The van der Waals surface area contributed by atoms with E-state index in [1.165, 1.54) is 15.3 Å². The maximum absolute atomic E-state index is 5.80. The zero-order valence-electron chi connectivity index (χ0n) is 15.2. The van der Waals surface area contributed by atoms with Gasteiger partial charge < -0.3 is 14.2 Å². The quantitative estimate of drug-likeness (QED) is 0.657. The first kappa shape index (κ1) is 19.6. The van der Waals surface area contributed by atoms with Crippen molar-refractivity contribution in [2.24, 2.45) is 0 Å². The highest BCUT2D eigenvalue weighted by Gasteiger charge is 2.25. The van der Waals surface area contributed by atoms with Crippen molar-refractivity contribution >= 4 is 11.3 Å². The Balaban J connectivity index is 2.59. The summed E-state index contributed by atoms with van der Waals surface area (Å²) in [5.41, 5.74) is 1.66. The van der Waals surface area contributed by atoms with Crippen molar-refractivity contribution in [3.05, 3.63) is 21.4 Å². The fourth-order valence-electron chi connectivity index (χ4n) is 2.08. The smallest absolute Gasteiger partial charge is 0.0729 e. The predicted octanol–water partition coefficient (Wildman–Crippen LogP) is 4.52. The summed E-state index contributed by atoms with van der Waals surface area (Å²) in [5, 5.41) is 0. The molecule has 0 radical (unpaired) electrons. The summed E-state index contributed by atoms with van der Waals surface area (Å²) < 4.78 is 16.2. The number of hydrogen-bond acceptors (Lipinski definition) is 4. The van der Waals surface area contributed by atoms with Crippen molar-refractivity contribution in [2.75, 3.05) is 33.5 Å². The Morgan fingerprint density at radius 3 is 2.00 bits per heavy atom. The highest BCUT2D eigenvalue weighted by Crippen LogP contribution is 2.39. The number of thiophene rings is 1. The molecule has 0 N–H and O–H groups in total. The van der Waals surface area contributed by atoms with Crippen LogP contribution < -0.4 is 0 Å². The minimum atomic E-state index is 0.155. The largest absolute Gasteiger partial charge is 0.382 e. The van der Waals surface area contributed by atoms with Gasteiger partial charge in [-0.1, -0.05) is 41.5 Å². The van der Waals surface area contributed by atoms with E-state index in [1.54, 1.807) is 7.11 Å². The third-order valence-electron chi connectivity index (χ3n) is 3.29. The van der Waals surface area contributed by atoms with E-state index in [0.29, 0.717) is 33.0 Å². The molecular formula is C18H32O3S. The van der Waals surface area contributed by atoms with Gasteiger partial charge in [0.05, 0.1) is 33.0 Å². The van der Waals surface area contributed by atoms with E-state index in [0.717, 1.165) is 0 Å². The molecule has 0 amide bonds. The lowest BCUT2D eigenvalue weighted by molar-refractivity contribution is 0.0198. The molecule has 1 rings (SSSR count). The van der Waals surface area contributed by atoms with Crippen LogP contribution in [0.4, 0.5) is 0 Å². The van der Waals surface area contributed by atoms with E-state index in [4.69, 9.17) is 14.2 Å². The Kier molecular flexibility index (Phi) is 7.53. The maximum Gasteiger partial charge on any atom is 0.0729 e. The van der Waals surface area contributed by atoms with Crippen molar-refractivity contribution in [1.29, 1.82) is 0 Å². The van der Waals surface area contributed by atoms with Gasteiger partial charge in [0.25, 0.3) is 0 Å². The second-order valence-corrected chi connectivity index (χ2v) is 8.67. The summed E-state index contributed by atoms with van der Waals surface area (Å²) in [6.07, 6.45) is 0. The van der Waals surface area contributed by atoms with Gasteiger partial charge in [-0.2, -0.15) is 0 Å². The molecule has 1 heterocycles. The number of hydrogen-bond donors (Lipinski definition) is 0. The molecule has 0 aliphatic rings. The van der Waals surface area contributed by atoms with Gasteiger partial charge in [-0.3, -0.25) is 0 Å². The van der Waals surface area contributed by atoms with Crippen molar-refractivity contribution in [2.45, 2.75) is 59.0 Å². The van der Waals surface area contributed by atoms with E-state index in [-0.39, 0.29) is 10.8 Å². The molecular weight excluding hydrogens is 296 g/mol. The average molecular weight is 329 g/mol. The number of methoxy groups -OCH3 is 1. The van der Waals surface area contributed by atoms with E-state index in [2.05, 4.69) is 47.6 Å². The molecule has 3 nitrogen and oxygen atoms in total. The van der Waals surface area contributed by atoms with Crippen molar-refractivity contribution in [1.82, 2.24) is 0 Å². The Morgan fingerprint density at radius 1 is 0.864 bits per heavy atom. The third kappa shape index (κ3) is 6.37. The van der Waals surface area contributed by atoms with Crippen LogP contribution in [0.25, 0.3) is 0 Å². The SMILES string of the molecule is COCCOCCOCc1cc(C(C)(C)C)sc1C(C)(C)C. The van der Waals surface area contributed by atoms with Gasteiger partial charge in [0, 0.05) is 16.9 Å². The highest BCUT2D eigenvalue weighted by molar-refractivity contribution is 7.12. The fourth-order valence-corrected chi connectivity index (χ4v) is 3.37. The lowest BCUT2D eigenvalue weighted by Crippen LogP contribution is -2.13. The summed E-state index contributed by atoms with van der Waals surface area (Å²) >= 11 is 1.92. The van der Waals surface area contributed by atoms with Crippen LogP contribution in [-0.4, -0.2) is 33.5 Å². The van der Waals surface area contributed by atoms with Crippen molar-refractivity contribution < 1.29 is 14.2 Å². The standard InChI is InChI=1S/C18H32O3S/c1-17(2,3)15-12-14(16(22-15)18(4,5)6)13-21-11-10-20-9-8-19-7/h12H,8-11,13H2,1-7H3. The summed E-state index contributed by atoms with van der Waals surface area (Å²) in [6.45, 7) is 16.7. The Hall–Kier alpha value is -0.420. The van der Waals surface area contributed by atoms with Crippen LogP contribution in [0.5, 0.6) is 0 Å². The molecule has 22 heavy (non-hydrogen) atoms. The summed E-state index contributed by atoms with van der Waals surface area (Å²) in [7, 11) is 1.68. The first-order valence-corrected chi connectivity index (χ1v) is 8.76. The zero-order chi connectivity index (χ0) is 16.8.